The standard InChI is InChI=1S/C18H29N3O4/c1-8-18(5,6)25-16(23)21(15(22)24-17(2,3)4)14-10-9-13(11-19-7)12-20-14/h9-10,12,19H,8,11H2,1-7H3. The molecule has 0 fully saturated rings. The third kappa shape index (κ3) is 6.70. The molecular formula is C18H29N3O4. The maximum Gasteiger partial charge on any atom is 0.425 e. The quantitative estimate of drug-likeness (QED) is 0.867. The van der Waals surface area contributed by atoms with E-state index >= 15 is 0 Å². The summed E-state index contributed by atoms with van der Waals surface area (Å²) in [6.45, 7) is 11.3. The Morgan fingerprint density at radius 1 is 1.12 bits per heavy atom. The molecule has 0 aromatic carbocycles. The van der Waals surface area contributed by atoms with Gasteiger partial charge in [-0.05, 0) is 59.7 Å². The van der Waals surface area contributed by atoms with E-state index in [9.17, 15) is 9.59 Å². The fourth-order valence-corrected chi connectivity index (χ4v) is 1.78. The SMILES string of the molecule is CCC(C)(C)OC(=O)N(C(=O)OC(C)(C)C)c1ccc(CNC)cn1. The van der Waals surface area contributed by atoms with Crippen LogP contribution in [0.5, 0.6) is 0 Å². The van der Waals surface area contributed by atoms with E-state index in [0.717, 1.165) is 10.5 Å². The van der Waals surface area contributed by atoms with E-state index in [1.807, 2.05) is 14.0 Å². The maximum atomic E-state index is 12.6. The molecule has 0 aliphatic carbocycles. The number of ether oxygens (including phenoxy) is 2. The largest absolute Gasteiger partial charge is 0.443 e. The first kappa shape index (κ1) is 20.9. The van der Waals surface area contributed by atoms with Crippen LogP contribution in [0.4, 0.5) is 15.4 Å². The van der Waals surface area contributed by atoms with Crippen LogP contribution >= 0.6 is 0 Å². The van der Waals surface area contributed by atoms with Gasteiger partial charge in [0, 0.05) is 12.7 Å². The van der Waals surface area contributed by atoms with Crippen molar-refractivity contribution in [2.24, 2.45) is 0 Å². The molecule has 2 amide bonds. The lowest BCUT2D eigenvalue weighted by molar-refractivity contribution is 0.0329. The van der Waals surface area contributed by atoms with Crippen molar-refractivity contribution in [1.82, 2.24) is 10.3 Å². The number of anilines is 1. The molecule has 0 spiro atoms. The van der Waals surface area contributed by atoms with Crippen molar-refractivity contribution in [1.29, 1.82) is 0 Å². The van der Waals surface area contributed by atoms with Crippen molar-refractivity contribution in [2.75, 3.05) is 11.9 Å². The summed E-state index contributed by atoms with van der Waals surface area (Å²) in [4.78, 5) is 30.2. The van der Waals surface area contributed by atoms with E-state index in [1.165, 1.54) is 0 Å². The van der Waals surface area contributed by atoms with Gasteiger partial charge in [-0.3, -0.25) is 0 Å². The summed E-state index contributed by atoms with van der Waals surface area (Å²) in [5.41, 5.74) is -0.525. The van der Waals surface area contributed by atoms with E-state index in [1.54, 1.807) is 52.9 Å². The average Bonchev–Trinajstić information content (AvgIpc) is 2.47. The number of carbonyl (C=O) groups is 2. The predicted molar refractivity (Wildman–Crippen MR) is 96.6 cm³/mol. The fraction of sp³-hybridized carbons (Fsp3) is 0.611. The molecule has 1 aromatic heterocycles. The highest BCUT2D eigenvalue weighted by Gasteiger charge is 2.34. The third-order valence-corrected chi connectivity index (χ3v) is 3.39. The highest BCUT2D eigenvalue weighted by atomic mass is 16.6. The number of hydrogen-bond acceptors (Lipinski definition) is 6. The number of carbonyl (C=O) groups excluding carboxylic acids is 2. The molecule has 0 radical (unpaired) electrons. The Hall–Kier alpha value is -2.15. The topological polar surface area (TPSA) is 80.8 Å². The van der Waals surface area contributed by atoms with Gasteiger partial charge in [0.25, 0.3) is 0 Å². The first-order valence-corrected chi connectivity index (χ1v) is 8.34. The van der Waals surface area contributed by atoms with Crippen molar-refractivity contribution in [3.63, 3.8) is 0 Å². The van der Waals surface area contributed by atoms with Crippen LogP contribution in [-0.4, -0.2) is 35.4 Å². The molecule has 1 aromatic rings. The van der Waals surface area contributed by atoms with E-state index in [-0.39, 0.29) is 5.82 Å². The zero-order chi connectivity index (χ0) is 19.3. The summed E-state index contributed by atoms with van der Waals surface area (Å²) in [6, 6.07) is 3.38. The Bertz CT molecular complexity index is 591. The van der Waals surface area contributed by atoms with Crippen molar-refractivity contribution in [2.45, 2.75) is 65.7 Å². The molecule has 0 bridgehead atoms. The Kier molecular flexibility index (Phi) is 6.93. The molecule has 0 atom stereocenters. The molecule has 7 heteroatoms. The second-order valence-electron chi connectivity index (χ2n) is 7.35. The van der Waals surface area contributed by atoms with Crippen molar-refractivity contribution in [3.8, 4) is 0 Å². The Labute approximate surface area is 149 Å². The Morgan fingerprint density at radius 3 is 2.16 bits per heavy atom. The van der Waals surface area contributed by atoms with Gasteiger partial charge in [0.1, 0.15) is 17.0 Å². The van der Waals surface area contributed by atoms with Gasteiger partial charge < -0.3 is 14.8 Å². The Morgan fingerprint density at radius 2 is 1.72 bits per heavy atom. The second-order valence-corrected chi connectivity index (χ2v) is 7.35. The van der Waals surface area contributed by atoms with Gasteiger partial charge >= 0.3 is 12.2 Å². The van der Waals surface area contributed by atoms with Crippen LogP contribution in [0.15, 0.2) is 18.3 Å². The van der Waals surface area contributed by atoms with Gasteiger partial charge in [0.05, 0.1) is 0 Å². The van der Waals surface area contributed by atoms with Gasteiger partial charge in [-0.25, -0.2) is 14.6 Å². The number of aromatic nitrogens is 1. The normalized spacial score (nSPS) is 11.8. The lowest BCUT2D eigenvalue weighted by Crippen LogP contribution is -2.44. The lowest BCUT2D eigenvalue weighted by atomic mass is 10.1. The minimum Gasteiger partial charge on any atom is -0.443 e. The number of hydrogen-bond donors (Lipinski definition) is 1. The summed E-state index contributed by atoms with van der Waals surface area (Å²) in [5.74, 6) is 0.158. The van der Waals surface area contributed by atoms with Crippen molar-refractivity contribution < 1.29 is 19.1 Å². The summed E-state index contributed by atoms with van der Waals surface area (Å²) in [6.07, 6.45) is 0.574. The number of amides is 2. The lowest BCUT2D eigenvalue weighted by Gasteiger charge is -2.29. The fourth-order valence-electron chi connectivity index (χ4n) is 1.78. The van der Waals surface area contributed by atoms with Gasteiger partial charge in [-0.2, -0.15) is 4.90 Å². The average molecular weight is 351 g/mol. The van der Waals surface area contributed by atoms with Gasteiger partial charge in [-0.15, -0.1) is 0 Å². The molecule has 0 saturated carbocycles. The first-order chi connectivity index (χ1) is 11.5. The summed E-state index contributed by atoms with van der Waals surface area (Å²) >= 11 is 0. The minimum absolute atomic E-state index is 0.158. The van der Waals surface area contributed by atoms with Crippen LogP contribution in [0, 0.1) is 0 Å². The van der Waals surface area contributed by atoms with Crippen LogP contribution in [0.1, 0.15) is 53.5 Å². The molecule has 0 unspecified atom stereocenters. The number of nitrogens with one attached hydrogen (secondary N) is 1. The summed E-state index contributed by atoms with van der Waals surface area (Å²) < 4.78 is 10.8. The smallest absolute Gasteiger partial charge is 0.425 e. The zero-order valence-electron chi connectivity index (χ0n) is 16.2. The van der Waals surface area contributed by atoms with Gasteiger partial charge in [0.15, 0.2) is 0 Å². The number of imide groups is 1. The molecule has 1 rings (SSSR count). The first-order valence-electron chi connectivity index (χ1n) is 8.34. The monoisotopic (exact) mass is 351 g/mol. The Balaban J connectivity index is 3.14. The molecule has 0 saturated heterocycles. The van der Waals surface area contributed by atoms with Crippen molar-refractivity contribution in [3.05, 3.63) is 23.9 Å². The highest BCUT2D eigenvalue weighted by Crippen LogP contribution is 2.21. The third-order valence-electron chi connectivity index (χ3n) is 3.39. The molecule has 140 valence electrons. The molecule has 0 aliphatic heterocycles. The maximum absolute atomic E-state index is 12.6. The predicted octanol–water partition coefficient (Wildman–Crippen LogP) is 3.87. The number of pyridine rings is 1. The molecule has 0 aliphatic rings. The van der Waals surface area contributed by atoms with E-state index in [0.29, 0.717) is 13.0 Å². The summed E-state index contributed by atoms with van der Waals surface area (Å²) in [7, 11) is 1.82. The highest BCUT2D eigenvalue weighted by molar-refractivity contribution is 6.08. The summed E-state index contributed by atoms with van der Waals surface area (Å²) in [5, 5.41) is 3.01. The molecule has 1 heterocycles. The van der Waals surface area contributed by atoms with Crippen LogP contribution in [0.25, 0.3) is 0 Å². The number of rotatable bonds is 5. The van der Waals surface area contributed by atoms with Gasteiger partial charge in [-0.1, -0.05) is 13.0 Å². The van der Waals surface area contributed by atoms with E-state index in [2.05, 4.69) is 10.3 Å². The zero-order valence-corrected chi connectivity index (χ0v) is 16.2. The molecule has 7 nitrogen and oxygen atoms in total. The minimum atomic E-state index is -0.821. The van der Waals surface area contributed by atoms with Crippen LogP contribution < -0.4 is 10.2 Å². The van der Waals surface area contributed by atoms with Crippen LogP contribution in [0.2, 0.25) is 0 Å². The molecule has 25 heavy (non-hydrogen) atoms. The van der Waals surface area contributed by atoms with Crippen LogP contribution in [-0.2, 0) is 16.0 Å². The van der Waals surface area contributed by atoms with Crippen LogP contribution in [0.3, 0.4) is 0 Å². The van der Waals surface area contributed by atoms with Gasteiger partial charge in [0.2, 0.25) is 0 Å². The molecular weight excluding hydrogens is 322 g/mol. The number of nitrogens with zero attached hydrogens (tertiary/aromatic N) is 2. The second kappa shape index (κ2) is 8.29. The van der Waals surface area contributed by atoms with Crippen molar-refractivity contribution >= 4 is 18.0 Å². The van der Waals surface area contributed by atoms with E-state index in [4.69, 9.17) is 9.47 Å². The molecule has 1 N–H and O–H groups in total. The van der Waals surface area contributed by atoms with E-state index < -0.39 is 23.4 Å².